The SMILES string of the molecule is CCOc1ccc(/C=C/C(=O)Oc2ccc(-c3nc4ccccc4n3Cc3ccccc3)cc2)cc1. The fourth-order valence-corrected chi connectivity index (χ4v) is 4.05. The van der Waals surface area contributed by atoms with Crippen LogP contribution < -0.4 is 9.47 Å². The summed E-state index contributed by atoms with van der Waals surface area (Å²) in [7, 11) is 0. The largest absolute Gasteiger partial charge is 0.494 e. The first-order valence-corrected chi connectivity index (χ1v) is 11.9. The number of ether oxygens (including phenoxy) is 2. The van der Waals surface area contributed by atoms with Gasteiger partial charge in [-0.25, -0.2) is 9.78 Å². The molecule has 1 aromatic heterocycles. The summed E-state index contributed by atoms with van der Waals surface area (Å²) in [5.74, 6) is 1.71. The fourth-order valence-electron chi connectivity index (χ4n) is 4.05. The lowest BCUT2D eigenvalue weighted by molar-refractivity contribution is -0.128. The van der Waals surface area contributed by atoms with Gasteiger partial charge in [-0.2, -0.15) is 0 Å². The van der Waals surface area contributed by atoms with Gasteiger partial charge in [0.05, 0.1) is 17.6 Å². The molecule has 0 radical (unpaired) electrons. The zero-order valence-corrected chi connectivity index (χ0v) is 20.0. The van der Waals surface area contributed by atoms with E-state index in [4.69, 9.17) is 14.5 Å². The predicted molar refractivity (Wildman–Crippen MR) is 143 cm³/mol. The zero-order valence-electron chi connectivity index (χ0n) is 20.0. The highest BCUT2D eigenvalue weighted by Gasteiger charge is 2.13. The maximum absolute atomic E-state index is 12.3. The molecule has 0 bridgehead atoms. The number of para-hydroxylation sites is 2. The third-order valence-corrected chi connectivity index (χ3v) is 5.77. The molecular formula is C31H26N2O3. The van der Waals surface area contributed by atoms with Crippen molar-refractivity contribution in [3.8, 4) is 22.9 Å². The molecular weight excluding hydrogens is 448 g/mol. The molecule has 4 aromatic carbocycles. The number of fused-ring (bicyclic) bond motifs is 1. The van der Waals surface area contributed by atoms with Crippen LogP contribution in [-0.4, -0.2) is 22.1 Å². The highest BCUT2D eigenvalue weighted by molar-refractivity contribution is 5.89. The Morgan fingerprint density at radius 3 is 2.28 bits per heavy atom. The topological polar surface area (TPSA) is 53.4 Å². The summed E-state index contributed by atoms with van der Waals surface area (Å²) >= 11 is 0. The van der Waals surface area contributed by atoms with Crippen LogP contribution >= 0.6 is 0 Å². The molecule has 178 valence electrons. The Labute approximate surface area is 210 Å². The van der Waals surface area contributed by atoms with Gasteiger partial charge in [-0.1, -0.05) is 54.6 Å². The number of hydrogen-bond donors (Lipinski definition) is 0. The monoisotopic (exact) mass is 474 g/mol. The number of esters is 1. The first kappa shape index (κ1) is 23.1. The Morgan fingerprint density at radius 2 is 1.53 bits per heavy atom. The average molecular weight is 475 g/mol. The molecule has 0 N–H and O–H groups in total. The van der Waals surface area contributed by atoms with E-state index in [-0.39, 0.29) is 0 Å². The molecule has 0 saturated heterocycles. The number of benzene rings is 4. The lowest BCUT2D eigenvalue weighted by atomic mass is 10.2. The van der Waals surface area contributed by atoms with Gasteiger partial charge in [-0.15, -0.1) is 0 Å². The second-order valence-corrected chi connectivity index (χ2v) is 8.28. The van der Waals surface area contributed by atoms with Gasteiger partial charge in [0, 0.05) is 18.2 Å². The second kappa shape index (κ2) is 10.7. The van der Waals surface area contributed by atoms with Crippen LogP contribution in [0.4, 0.5) is 0 Å². The van der Waals surface area contributed by atoms with Crippen molar-refractivity contribution in [2.75, 3.05) is 6.61 Å². The molecule has 0 fully saturated rings. The van der Waals surface area contributed by atoms with Gasteiger partial charge in [0.1, 0.15) is 17.3 Å². The van der Waals surface area contributed by atoms with Crippen molar-refractivity contribution in [2.45, 2.75) is 13.5 Å². The van der Waals surface area contributed by atoms with Crippen LogP contribution in [0.2, 0.25) is 0 Å². The minimum absolute atomic E-state index is 0.437. The van der Waals surface area contributed by atoms with E-state index in [0.717, 1.165) is 33.7 Å². The van der Waals surface area contributed by atoms with E-state index in [1.807, 2.05) is 79.7 Å². The highest BCUT2D eigenvalue weighted by Crippen LogP contribution is 2.27. The fraction of sp³-hybridized carbons (Fsp3) is 0.0968. The standard InChI is InChI=1S/C31H26N2O3/c1-2-35-26-17-12-23(13-18-26)14-21-30(34)36-27-19-15-25(16-20-27)31-32-28-10-6-7-11-29(28)33(31)22-24-8-4-3-5-9-24/h3-21H,2,22H2,1H3/b21-14+. The summed E-state index contributed by atoms with van der Waals surface area (Å²) in [6, 6.07) is 33.4. The summed E-state index contributed by atoms with van der Waals surface area (Å²) in [6.07, 6.45) is 3.14. The molecule has 0 unspecified atom stereocenters. The maximum Gasteiger partial charge on any atom is 0.336 e. The number of carbonyl (C=O) groups excluding carboxylic acids is 1. The summed E-state index contributed by atoms with van der Waals surface area (Å²) in [5.41, 5.74) is 5.06. The summed E-state index contributed by atoms with van der Waals surface area (Å²) in [5, 5.41) is 0. The van der Waals surface area contributed by atoms with Crippen molar-refractivity contribution in [1.82, 2.24) is 9.55 Å². The maximum atomic E-state index is 12.3. The van der Waals surface area contributed by atoms with Gasteiger partial charge in [0.15, 0.2) is 0 Å². The molecule has 0 aliphatic rings. The van der Waals surface area contributed by atoms with E-state index < -0.39 is 5.97 Å². The first-order chi connectivity index (χ1) is 17.7. The lowest BCUT2D eigenvalue weighted by Gasteiger charge is -2.10. The molecule has 1 heterocycles. The summed E-state index contributed by atoms with van der Waals surface area (Å²) < 4.78 is 13.1. The molecule has 0 aliphatic carbocycles. The Balaban J connectivity index is 1.32. The number of aromatic nitrogens is 2. The smallest absolute Gasteiger partial charge is 0.336 e. The van der Waals surface area contributed by atoms with Crippen LogP contribution in [0.25, 0.3) is 28.5 Å². The highest BCUT2D eigenvalue weighted by atomic mass is 16.5. The van der Waals surface area contributed by atoms with Crippen molar-refractivity contribution in [1.29, 1.82) is 0 Å². The van der Waals surface area contributed by atoms with Crippen LogP contribution in [0.15, 0.2) is 109 Å². The number of imidazole rings is 1. The lowest BCUT2D eigenvalue weighted by Crippen LogP contribution is -2.04. The van der Waals surface area contributed by atoms with Crippen LogP contribution in [0.1, 0.15) is 18.1 Å². The molecule has 36 heavy (non-hydrogen) atoms. The van der Waals surface area contributed by atoms with Crippen LogP contribution in [0.5, 0.6) is 11.5 Å². The van der Waals surface area contributed by atoms with Crippen molar-refractivity contribution in [2.24, 2.45) is 0 Å². The van der Waals surface area contributed by atoms with Gasteiger partial charge >= 0.3 is 5.97 Å². The van der Waals surface area contributed by atoms with Crippen LogP contribution in [-0.2, 0) is 11.3 Å². The van der Waals surface area contributed by atoms with Crippen LogP contribution in [0, 0.1) is 0 Å². The van der Waals surface area contributed by atoms with Gasteiger partial charge in [-0.05, 0) is 72.7 Å². The van der Waals surface area contributed by atoms with E-state index >= 15 is 0 Å². The Bertz CT molecular complexity index is 1490. The van der Waals surface area contributed by atoms with E-state index in [0.29, 0.717) is 18.9 Å². The minimum Gasteiger partial charge on any atom is -0.494 e. The predicted octanol–water partition coefficient (Wildman–Crippen LogP) is 6.77. The number of rotatable bonds is 8. The number of hydrogen-bond acceptors (Lipinski definition) is 4. The summed E-state index contributed by atoms with van der Waals surface area (Å²) in [6.45, 7) is 3.27. The quantitative estimate of drug-likeness (QED) is 0.141. The first-order valence-electron chi connectivity index (χ1n) is 11.9. The summed E-state index contributed by atoms with van der Waals surface area (Å²) in [4.78, 5) is 17.2. The normalized spacial score (nSPS) is 11.1. The zero-order chi connectivity index (χ0) is 24.7. The van der Waals surface area contributed by atoms with E-state index in [1.165, 1.54) is 11.6 Å². The van der Waals surface area contributed by atoms with Gasteiger partial charge in [0.2, 0.25) is 0 Å². The van der Waals surface area contributed by atoms with Crippen molar-refractivity contribution >= 4 is 23.1 Å². The Hall–Kier alpha value is -4.64. The second-order valence-electron chi connectivity index (χ2n) is 8.28. The van der Waals surface area contributed by atoms with Crippen molar-refractivity contribution < 1.29 is 14.3 Å². The Kier molecular flexibility index (Phi) is 6.90. The molecule has 5 nitrogen and oxygen atoms in total. The molecule has 5 aromatic rings. The molecule has 5 heteroatoms. The van der Waals surface area contributed by atoms with Crippen LogP contribution in [0.3, 0.4) is 0 Å². The molecule has 0 amide bonds. The van der Waals surface area contributed by atoms with Gasteiger partial charge < -0.3 is 14.0 Å². The molecule has 0 saturated carbocycles. The number of carbonyl (C=O) groups is 1. The number of nitrogens with zero attached hydrogens (tertiary/aromatic N) is 2. The molecule has 0 atom stereocenters. The van der Waals surface area contributed by atoms with Crippen molar-refractivity contribution in [3.05, 3.63) is 120 Å². The van der Waals surface area contributed by atoms with Gasteiger partial charge in [0.25, 0.3) is 0 Å². The average Bonchev–Trinajstić information content (AvgIpc) is 3.28. The van der Waals surface area contributed by atoms with Crippen molar-refractivity contribution in [3.63, 3.8) is 0 Å². The minimum atomic E-state index is -0.437. The van der Waals surface area contributed by atoms with E-state index in [9.17, 15) is 4.79 Å². The third kappa shape index (κ3) is 5.36. The molecule has 5 rings (SSSR count). The molecule has 0 spiro atoms. The Morgan fingerprint density at radius 1 is 0.833 bits per heavy atom. The third-order valence-electron chi connectivity index (χ3n) is 5.77. The van der Waals surface area contributed by atoms with E-state index in [1.54, 1.807) is 18.2 Å². The van der Waals surface area contributed by atoms with Gasteiger partial charge in [-0.3, -0.25) is 0 Å². The van der Waals surface area contributed by atoms with E-state index in [2.05, 4.69) is 22.8 Å². The molecule has 0 aliphatic heterocycles.